The maximum Gasteiger partial charge on any atom is 0.307 e. The van der Waals surface area contributed by atoms with E-state index in [9.17, 15) is 4.79 Å². The number of carboxylic acid groups (broad SMARTS) is 1. The Balaban J connectivity index is 2.63. The number of hydrogen-bond donors (Lipinski definition) is 2. The lowest BCUT2D eigenvalue weighted by molar-refractivity contribution is -0.136. The molecular formula is C11H14O3. The Morgan fingerprint density at radius 3 is 2.21 bits per heavy atom. The van der Waals surface area contributed by atoms with E-state index in [0.717, 1.165) is 11.1 Å². The van der Waals surface area contributed by atoms with Crippen LogP contribution in [0.25, 0.3) is 0 Å². The quantitative estimate of drug-likeness (QED) is 0.758. The minimum Gasteiger partial charge on any atom is -0.481 e. The number of carbonyl (C=O) groups is 1. The molecule has 1 aromatic rings. The van der Waals surface area contributed by atoms with Crippen LogP contribution in [0, 0.1) is 0 Å². The van der Waals surface area contributed by atoms with Gasteiger partial charge in [0.1, 0.15) is 0 Å². The lowest BCUT2D eigenvalue weighted by Gasteiger charge is -2.04. The molecule has 0 aromatic heterocycles. The molecule has 0 saturated carbocycles. The SMILES string of the molecule is CC(O)Cc1ccc(CC(=O)O)cc1. The lowest BCUT2D eigenvalue weighted by atomic mass is 10.1. The molecule has 0 aliphatic heterocycles. The van der Waals surface area contributed by atoms with Crippen molar-refractivity contribution < 1.29 is 15.0 Å². The van der Waals surface area contributed by atoms with E-state index in [4.69, 9.17) is 10.2 Å². The van der Waals surface area contributed by atoms with Crippen molar-refractivity contribution in [1.82, 2.24) is 0 Å². The van der Waals surface area contributed by atoms with Crippen LogP contribution in [0.2, 0.25) is 0 Å². The topological polar surface area (TPSA) is 57.5 Å². The van der Waals surface area contributed by atoms with E-state index in [2.05, 4.69) is 0 Å². The molecule has 0 heterocycles. The molecule has 2 N–H and O–H groups in total. The van der Waals surface area contributed by atoms with E-state index in [1.807, 2.05) is 12.1 Å². The standard InChI is InChI=1S/C11H14O3/c1-8(12)6-9-2-4-10(5-3-9)7-11(13)14/h2-5,8,12H,6-7H2,1H3,(H,13,14). The Morgan fingerprint density at radius 1 is 1.29 bits per heavy atom. The van der Waals surface area contributed by atoms with Gasteiger partial charge in [-0.15, -0.1) is 0 Å². The Hall–Kier alpha value is -1.35. The van der Waals surface area contributed by atoms with Gasteiger partial charge in [-0.25, -0.2) is 0 Å². The van der Waals surface area contributed by atoms with Crippen LogP contribution in [-0.4, -0.2) is 22.3 Å². The van der Waals surface area contributed by atoms with Gasteiger partial charge in [0.15, 0.2) is 0 Å². The van der Waals surface area contributed by atoms with Gasteiger partial charge in [-0.2, -0.15) is 0 Å². The van der Waals surface area contributed by atoms with Crippen molar-refractivity contribution in [3.05, 3.63) is 35.4 Å². The molecule has 14 heavy (non-hydrogen) atoms. The summed E-state index contributed by atoms with van der Waals surface area (Å²) in [5, 5.41) is 17.7. The van der Waals surface area contributed by atoms with Crippen LogP contribution in [-0.2, 0) is 17.6 Å². The van der Waals surface area contributed by atoms with Gasteiger partial charge in [0.2, 0.25) is 0 Å². The summed E-state index contributed by atoms with van der Waals surface area (Å²) in [5.41, 5.74) is 1.81. The molecule has 1 aromatic carbocycles. The van der Waals surface area contributed by atoms with E-state index < -0.39 is 5.97 Å². The minimum atomic E-state index is -0.826. The Bertz CT molecular complexity index is 301. The summed E-state index contributed by atoms with van der Waals surface area (Å²) in [5.74, 6) is -0.826. The highest BCUT2D eigenvalue weighted by Gasteiger charge is 2.01. The molecule has 0 spiro atoms. The highest BCUT2D eigenvalue weighted by atomic mass is 16.4. The minimum absolute atomic E-state index is 0.0506. The Kier molecular flexibility index (Phi) is 3.65. The molecular weight excluding hydrogens is 180 g/mol. The van der Waals surface area contributed by atoms with Crippen LogP contribution < -0.4 is 0 Å². The first-order valence-corrected chi connectivity index (χ1v) is 4.55. The highest BCUT2D eigenvalue weighted by molar-refractivity contribution is 5.70. The van der Waals surface area contributed by atoms with Crippen molar-refractivity contribution in [3.8, 4) is 0 Å². The van der Waals surface area contributed by atoms with Crippen molar-refractivity contribution in [2.24, 2.45) is 0 Å². The van der Waals surface area contributed by atoms with Crippen LogP contribution in [0.3, 0.4) is 0 Å². The molecule has 1 unspecified atom stereocenters. The molecule has 1 rings (SSSR count). The molecule has 0 aliphatic rings. The van der Waals surface area contributed by atoms with Crippen LogP contribution in [0.15, 0.2) is 24.3 Å². The number of aliphatic hydroxyl groups is 1. The second-order valence-corrected chi connectivity index (χ2v) is 3.44. The molecule has 3 heteroatoms. The van der Waals surface area contributed by atoms with Gasteiger partial charge in [0, 0.05) is 0 Å². The molecule has 76 valence electrons. The van der Waals surface area contributed by atoms with Gasteiger partial charge < -0.3 is 10.2 Å². The van der Waals surface area contributed by atoms with Gasteiger partial charge in [-0.05, 0) is 24.5 Å². The van der Waals surface area contributed by atoms with E-state index >= 15 is 0 Å². The predicted octanol–water partition coefficient (Wildman–Crippen LogP) is 1.24. The van der Waals surface area contributed by atoms with Gasteiger partial charge in [0.05, 0.1) is 12.5 Å². The zero-order valence-corrected chi connectivity index (χ0v) is 8.10. The normalized spacial score (nSPS) is 12.4. The van der Waals surface area contributed by atoms with Crippen LogP contribution in [0.1, 0.15) is 18.1 Å². The van der Waals surface area contributed by atoms with Crippen molar-refractivity contribution >= 4 is 5.97 Å². The molecule has 0 radical (unpaired) electrons. The number of benzene rings is 1. The molecule has 0 fully saturated rings. The highest BCUT2D eigenvalue weighted by Crippen LogP contribution is 2.07. The summed E-state index contributed by atoms with van der Waals surface area (Å²) in [6.07, 6.45) is 0.294. The number of aliphatic hydroxyl groups excluding tert-OH is 1. The summed E-state index contributed by atoms with van der Waals surface area (Å²) < 4.78 is 0. The van der Waals surface area contributed by atoms with Crippen LogP contribution in [0.5, 0.6) is 0 Å². The third kappa shape index (κ3) is 3.58. The van der Waals surface area contributed by atoms with Crippen LogP contribution in [0.4, 0.5) is 0 Å². The summed E-state index contributed by atoms with van der Waals surface area (Å²) in [6, 6.07) is 7.27. The zero-order valence-electron chi connectivity index (χ0n) is 8.10. The second-order valence-electron chi connectivity index (χ2n) is 3.44. The number of rotatable bonds is 4. The molecule has 0 aliphatic carbocycles. The van der Waals surface area contributed by atoms with Gasteiger partial charge in [-0.3, -0.25) is 4.79 Å². The van der Waals surface area contributed by atoms with Crippen molar-refractivity contribution in [1.29, 1.82) is 0 Å². The maximum absolute atomic E-state index is 10.4. The van der Waals surface area contributed by atoms with E-state index in [1.165, 1.54) is 0 Å². The van der Waals surface area contributed by atoms with Gasteiger partial charge in [0.25, 0.3) is 0 Å². The summed E-state index contributed by atoms with van der Waals surface area (Å²) >= 11 is 0. The molecule has 0 saturated heterocycles. The molecule has 0 bridgehead atoms. The predicted molar refractivity (Wildman–Crippen MR) is 53.2 cm³/mol. The van der Waals surface area contributed by atoms with E-state index in [0.29, 0.717) is 6.42 Å². The zero-order chi connectivity index (χ0) is 10.6. The monoisotopic (exact) mass is 194 g/mol. The van der Waals surface area contributed by atoms with Crippen molar-refractivity contribution in [3.63, 3.8) is 0 Å². The average molecular weight is 194 g/mol. The van der Waals surface area contributed by atoms with Crippen molar-refractivity contribution in [2.45, 2.75) is 25.9 Å². The fourth-order valence-corrected chi connectivity index (χ4v) is 1.31. The number of carboxylic acids is 1. The molecule has 3 nitrogen and oxygen atoms in total. The second kappa shape index (κ2) is 4.77. The van der Waals surface area contributed by atoms with Crippen LogP contribution >= 0.6 is 0 Å². The van der Waals surface area contributed by atoms with E-state index in [1.54, 1.807) is 19.1 Å². The Labute approximate surface area is 83.0 Å². The number of hydrogen-bond acceptors (Lipinski definition) is 2. The first-order valence-electron chi connectivity index (χ1n) is 4.55. The largest absolute Gasteiger partial charge is 0.481 e. The fourth-order valence-electron chi connectivity index (χ4n) is 1.31. The third-order valence-electron chi connectivity index (χ3n) is 1.91. The maximum atomic E-state index is 10.4. The van der Waals surface area contributed by atoms with Gasteiger partial charge >= 0.3 is 5.97 Å². The summed E-state index contributed by atoms with van der Waals surface area (Å²) in [6.45, 7) is 1.73. The number of aliphatic carboxylic acids is 1. The first-order chi connectivity index (χ1) is 6.58. The summed E-state index contributed by atoms with van der Waals surface area (Å²) in [7, 11) is 0. The molecule has 0 amide bonds. The average Bonchev–Trinajstić information content (AvgIpc) is 2.06. The smallest absolute Gasteiger partial charge is 0.307 e. The van der Waals surface area contributed by atoms with Crippen molar-refractivity contribution in [2.75, 3.05) is 0 Å². The van der Waals surface area contributed by atoms with E-state index in [-0.39, 0.29) is 12.5 Å². The first kappa shape index (κ1) is 10.7. The fraction of sp³-hybridized carbons (Fsp3) is 0.364. The Morgan fingerprint density at radius 2 is 1.79 bits per heavy atom. The lowest BCUT2D eigenvalue weighted by Crippen LogP contribution is -2.04. The third-order valence-corrected chi connectivity index (χ3v) is 1.91. The van der Waals surface area contributed by atoms with Gasteiger partial charge in [-0.1, -0.05) is 24.3 Å². The summed E-state index contributed by atoms with van der Waals surface area (Å²) in [4.78, 5) is 10.4. The molecule has 1 atom stereocenters.